The Labute approximate surface area is 194 Å². The van der Waals surface area contributed by atoms with E-state index < -0.39 is 5.91 Å². The van der Waals surface area contributed by atoms with Gasteiger partial charge in [0, 0.05) is 28.8 Å². The second-order valence-electron chi connectivity index (χ2n) is 8.33. The first-order valence-corrected chi connectivity index (χ1v) is 11.3. The minimum absolute atomic E-state index is 0.0203. The van der Waals surface area contributed by atoms with Crippen LogP contribution in [0.1, 0.15) is 65.8 Å². The molecule has 7 nitrogen and oxygen atoms in total. The number of benzene rings is 2. The molecule has 0 radical (unpaired) electrons. The van der Waals surface area contributed by atoms with Crippen LogP contribution in [0, 0.1) is 0 Å². The second-order valence-corrected chi connectivity index (χ2v) is 8.33. The van der Waals surface area contributed by atoms with Crippen molar-refractivity contribution in [2.75, 3.05) is 13.1 Å². The normalized spacial score (nSPS) is 12.2. The molecule has 3 rings (SSSR count). The van der Waals surface area contributed by atoms with Gasteiger partial charge in [-0.05, 0) is 63.2 Å². The van der Waals surface area contributed by atoms with Crippen molar-refractivity contribution in [1.82, 2.24) is 15.4 Å². The number of carbonyl (C=O) groups is 2. The SMILES string of the molecule is CCN(CC)C(Cc1ccc(C(N)=O)cc1)c1cc(-c2cccc(C(=O)NC(C)C)c2)no1. The highest BCUT2D eigenvalue weighted by atomic mass is 16.5. The highest BCUT2D eigenvalue weighted by Gasteiger charge is 2.24. The monoisotopic (exact) mass is 448 g/mol. The Hall–Kier alpha value is -3.45. The molecular formula is C26H32N4O3. The van der Waals surface area contributed by atoms with Crippen molar-refractivity contribution >= 4 is 11.8 Å². The molecule has 1 atom stereocenters. The Bertz CT molecular complexity index is 1080. The van der Waals surface area contributed by atoms with Gasteiger partial charge in [-0.1, -0.05) is 43.3 Å². The van der Waals surface area contributed by atoms with Crippen molar-refractivity contribution in [2.24, 2.45) is 5.73 Å². The molecule has 3 aromatic rings. The standard InChI is InChI=1S/C26H32N4O3/c1-5-30(6-2)23(14-18-10-12-19(13-11-18)25(27)31)24-16-22(29-33-24)20-8-7-9-21(15-20)26(32)28-17(3)4/h7-13,15-17,23H,5-6,14H2,1-4H3,(H2,27,31)(H,28,32). The van der Waals surface area contributed by atoms with Crippen LogP contribution in [0.4, 0.5) is 0 Å². The predicted octanol–water partition coefficient (Wildman–Crippen LogP) is 4.20. The van der Waals surface area contributed by atoms with Crippen molar-refractivity contribution in [2.45, 2.75) is 46.2 Å². The Kier molecular flexibility index (Phi) is 8.01. The second kappa shape index (κ2) is 10.9. The molecule has 33 heavy (non-hydrogen) atoms. The van der Waals surface area contributed by atoms with Crippen LogP contribution in [0.25, 0.3) is 11.3 Å². The summed E-state index contributed by atoms with van der Waals surface area (Å²) in [6.45, 7) is 9.78. The molecule has 0 aliphatic heterocycles. The van der Waals surface area contributed by atoms with Gasteiger partial charge >= 0.3 is 0 Å². The number of carbonyl (C=O) groups excluding carboxylic acids is 2. The summed E-state index contributed by atoms with van der Waals surface area (Å²) in [6, 6.07) is 16.7. The summed E-state index contributed by atoms with van der Waals surface area (Å²) in [6.07, 6.45) is 0.701. The molecule has 0 spiro atoms. The van der Waals surface area contributed by atoms with Crippen LogP contribution in [0.5, 0.6) is 0 Å². The lowest BCUT2D eigenvalue weighted by Crippen LogP contribution is -2.30. The fourth-order valence-electron chi connectivity index (χ4n) is 3.85. The van der Waals surface area contributed by atoms with Gasteiger partial charge in [-0.2, -0.15) is 0 Å². The van der Waals surface area contributed by atoms with Crippen LogP contribution in [0.15, 0.2) is 59.1 Å². The molecule has 1 unspecified atom stereocenters. The largest absolute Gasteiger partial charge is 0.366 e. The number of aromatic nitrogens is 1. The minimum atomic E-state index is -0.439. The van der Waals surface area contributed by atoms with E-state index in [0.29, 0.717) is 23.2 Å². The molecular weight excluding hydrogens is 416 g/mol. The van der Waals surface area contributed by atoms with Gasteiger partial charge in [-0.15, -0.1) is 0 Å². The number of rotatable bonds is 10. The van der Waals surface area contributed by atoms with Gasteiger partial charge < -0.3 is 15.6 Å². The van der Waals surface area contributed by atoms with Gasteiger partial charge in [0.15, 0.2) is 5.76 Å². The van der Waals surface area contributed by atoms with Crippen molar-refractivity contribution in [3.8, 4) is 11.3 Å². The number of nitrogens with two attached hydrogens (primary N) is 1. The highest BCUT2D eigenvalue weighted by molar-refractivity contribution is 5.95. The van der Waals surface area contributed by atoms with Crippen molar-refractivity contribution in [3.63, 3.8) is 0 Å². The highest BCUT2D eigenvalue weighted by Crippen LogP contribution is 2.29. The maximum absolute atomic E-state index is 12.4. The Morgan fingerprint density at radius 2 is 1.73 bits per heavy atom. The molecule has 2 aromatic carbocycles. The fourth-order valence-corrected chi connectivity index (χ4v) is 3.85. The molecule has 0 saturated heterocycles. The molecule has 3 N–H and O–H groups in total. The summed E-state index contributed by atoms with van der Waals surface area (Å²) >= 11 is 0. The summed E-state index contributed by atoms with van der Waals surface area (Å²) in [5.74, 6) is 0.201. The Morgan fingerprint density at radius 3 is 2.33 bits per heavy atom. The van der Waals surface area contributed by atoms with Crippen LogP contribution in [-0.2, 0) is 6.42 Å². The number of primary amides is 1. The molecule has 1 aromatic heterocycles. The molecule has 0 bridgehead atoms. The first-order chi connectivity index (χ1) is 15.8. The minimum Gasteiger partial charge on any atom is -0.366 e. The smallest absolute Gasteiger partial charge is 0.251 e. The van der Waals surface area contributed by atoms with E-state index in [1.807, 2.05) is 50.2 Å². The zero-order chi connectivity index (χ0) is 24.0. The zero-order valence-electron chi connectivity index (χ0n) is 19.7. The Balaban J connectivity index is 1.87. The third-order valence-electron chi connectivity index (χ3n) is 5.62. The number of hydrogen-bond acceptors (Lipinski definition) is 5. The van der Waals surface area contributed by atoms with Crippen LogP contribution >= 0.6 is 0 Å². The number of nitrogens with one attached hydrogen (secondary N) is 1. The van der Waals surface area contributed by atoms with Crippen molar-refractivity contribution in [3.05, 3.63) is 77.0 Å². The van der Waals surface area contributed by atoms with Crippen LogP contribution in [-0.4, -0.2) is 41.0 Å². The number of nitrogens with zero attached hydrogens (tertiary/aromatic N) is 2. The topological polar surface area (TPSA) is 101 Å². The van der Waals surface area contributed by atoms with Gasteiger partial charge in [0.1, 0.15) is 5.69 Å². The molecule has 0 aliphatic carbocycles. The van der Waals surface area contributed by atoms with E-state index in [4.69, 9.17) is 10.3 Å². The van der Waals surface area contributed by atoms with Gasteiger partial charge in [0.2, 0.25) is 5.91 Å². The summed E-state index contributed by atoms with van der Waals surface area (Å²) < 4.78 is 5.80. The fraction of sp³-hybridized carbons (Fsp3) is 0.346. The van der Waals surface area contributed by atoms with E-state index in [9.17, 15) is 9.59 Å². The summed E-state index contributed by atoms with van der Waals surface area (Å²) in [4.78, 5) is 26.1. The molecule has 0 fully saturated rings. The first kappa shape index (κ1) is 24.2. The summed E-state index contributed by atoms with van der Waals surface area (Å²) in [5.41, 5.74) is 9.02. The molecule has 0 saturated carbocycles. The lowest BCUT2D eigenvalue weighted by atomic mass is 10.00. The van der Waals surface area contributed by atoms with Crippen LogP contribution < -0.4 is 11.1 Å². The Morgan fingerprint density at radius 1 is 1.03 bits per heavy atom. The molecule has 7 heteroatoms. The zero-order valence-corrected chi connectivity index (χ0v) is 19.7. The first-order valence-electron chi connectivity index (χ1n) is 11.3. The van der Waals surface area contributed by atoms with Gasteiger partial charge in [0.25, 0.3) is 5.91 Å². The van der Waals surface area contributed by atoms with E-state index in [1.54, 1.807) is 18.2 Å². The van der Waals surface area contributed by atoms with Crippen LogP contribution in [0.3, 0.4) is 0 Å². The quantitative estimate of drug-likeness (QED) is 0.484. The molecule has 1 heterocycles. The van der Waals surface area contributed by atoms with E-state index in [1.165, 1.54) is 0 Å². The maximum Gasteiger partial charge on any atom is 0.251 e. The summed E-state index contributed by atoms with van der Waals surface area (Å²) in [7, 11) is 0. The van der Waals surface area contributed by atoms with Gasteiger partial charge in [0.05, 0.1) is 6.04 Å². The van der Waals surface area contributed by atoms with Gasteiger partial charge in [-0.25, -0.2) is 0 Å². The lowest BCUT2D eigenvalue weighted by molar-refractivity contribution is 0.0942. The number of amides is 2. The lowest BCUT2D eigenvalue weighted by Gasteiger charge is -2.27. The van der Waals surface area contributed by atoms with Gasteiger partial charge in [-0.3, -0.25) is 14.5 Å². The van der Waals surface area contributed by atoms with E-state index in [2.05, 4.69) is 29.2 Å². The third-order valence-corrected chi connectivity index (χ3v) is 5.62. The molecule has 174 valence electrons. The average Bonchev–Trinajstić information content (AvgIpc) is 3.29. The van der Waals surface area contributed by atoms with E-state index in [0.717, 1.165) is 30.0 Å². The van der Waals surface area contributed by atoms with E-state index >= 15 is 0 Å². The third kappa shape index (κ3) is 6.08. The maximum atomic E-state index is 12.4. The predicted molar refractivity (Wildman–Crippen MR) is 129 cm³/mol. The van der Waals surface area contributed by atoms with Crippen molar-refractivity contribution in [1.29, 1.82) is 0 Å². The number of likely N-dealkylation sites (N-methyl/N-ethyl adjacent to an activating group) is 1. The van der Waals surface area contributed by atoms with E-state index in [-0.39, 0.29) is 18.0 Å². The average molecular weight is 449 g/mol. The molecule has 2 amide bonds. The number of hydrogen-bond donors (Lipinski definition) is 2. The van der Waals surface area contributed by atoms with Crippen LogP contribution in [0.2, 0.25) is 0 Å². The summed E-state index contributed by atoms with van der Waals surface area (Å²) in [5, 5.41) is 7.22. The molecule has 0 aliphatic rings. The van der Waals surface area contributed by atoms with Crippen molar-refractivity contribution < 1.29 is 14.1 Å².